The van der Waals surface area contributed by atoms with Gasteiger partial charge in [0.25, 0.3) is 0 Å². The van der Waals surface area contributed by atoms with Gasteiger partial charge in [-0.15, -0.1) is 0 Å². The fraction of sp³-hybridized carbons (Fsp3) is 0.381. The molecule has 28 heavy (non-hydrogen) atoms. The van der Waals surface area contributed by atoms with Gasteiger partial charge in [-0.1, -0.05) is 30.3 Å². The monoisotopic (exact) mass is 382 g/mol. The second kappa shape index (κ2) is 11.7. The van der Waals surface area contributed by atoms with Crippen molar-refractivity contribution < 1.29 is 4.79 Å². The molecule has 2 aromatic rings. The minimum atomic E-state index is -0.146. The Morgan fingerprint density at radius 1 is 1.18 bits per heavy atom. The van der Waals surface area contributed by atoms with Gasteiger partial charge in [0.1, 0.15) is 0 Å². The summed E-state index contributed by atoms with van der Waals surface area (Å²) in [5.41, 5.74) is 1.98. The van der Waals surface area contributed by atoms with E-state index in [4.69, 9.17) is 0 Å². The van der Waals surface area contributed by atoms with Gasteiger partial charge in [-0.25, -0.2) is 0 Å². The van der Waals surface area contributed by atoms with Crippen LogP contribution in [0.2, 0.25) is 0 Å². The number of nitrogens with one attached hydrogen (secondary N) is 3. The molecular weight excluding hydrogens is 352 g/mol. The van der Waals surface area contributed by atoms with E-state index < -0.39 is 0 Å². The maximum Gasteiger partial charge on any atom is 0.243 e. The standard InChI is InChI=1S/C21H30N6O/c1-17(27(3)16-18-8-5-4-6-9-18)11-13-24-21(22-2)25-15-20(28)26-19-10-7-12-23-14-19/h4-10,12,14,17H,11,13,15-16H2,1-3H3,(H,26,28)(H2,22,24,25). The van der Waals surface area contributed by atoms with E-state index in [9.17, 15) is 4.79 Å². The summed E-state index contributed by atoms with van der Waals surface area (Å²) in [4.78, 5) is 22.5. The molecule has 150 valence electrons. The molecule has 1 aromatic heterocycles. The summed E-state index contributed by atoms with van der Waals surface area (Å²) in [6.45, 7) is 4.04. The van der Waals surface area contributed by atoms with Crippen molar-refractivity contribution in [1.82, 2.24) is 20.5 Å². The number of carbonyl (C=O) groups is 1. The number of amides is 1. The molecule has 0 saturated heterocycles. The van der Waals surface area contributed by atoms with Crippen LogP contribution in [0, 0.1) is 0 Å². The number of pyridine rings is 1. The molecule has 3 N–H and O–H groups in total. The van der Waals surface area contributed by atoms with Crippen LogP contribution in [0.3, 0.4) is 0 Å². The van der Waals surface area contributed by atoms with Crippen LogP contribution in [0.15, 0.2) is 59.9 Å². The summed E-state index contributed by atoms with van der Waals surface area (Å²) in [6.07, 6.45) is 4.24. The van der Waals surface area contributed by atoms with E-state index in [0.29, 0.717) is 17.7 Å². The average Bonchev–Trinajstić information content (AvgIpc) is 2.71. The van der Waals surface area contributed by atoms with Crippen molar-refractivity contribution in [2.24, 2.45) is 4.99 Å². The third-order valence-corrected chi connectivity index (χ3v) is 4.47. The molecule has 0 aliphatic rings. The fourth-order valence-corrected chi connectivity index (χ4v) is 2.67. The minimum absolute atomic E-state index is 0.137. The molecule has 7 nitrogen and oxygen atoms in total. The van der Waals surface area contributed by atoms with Crippen molar-refractivity contribution in [1.29, 1.82) is 0 Å². The Labute approximate surface area is 167 Å². The number of guanidine groups is 1. The maximum atomic E-state index is 12.0. The molecule has 0 spiro atoms. The number of anilines is 1. The van der Waals surface area contributed by atoms with Gasteiger partial charge in [0.05, 0.1) is 18.4 Å². The van der Waals surface area contributed by atoms with Gasteiger partial charge >= 0.3 is 0 Å². The normalized spacial score (nSPS) is 12.5. The number of nitrogens with zero attached hydrogens (tertiary/aromatic N) is 3. The van der Waals surface area contributed by atoms with Crippen LogP contribution in [0.5, 0.6) is 0 Å². The smallest absolute Gasteiger partial charge is 0.243 e. The molecular formula is C21H30N6O. The van der Waals surface area contributed by atoms with E-state index in [2.05, 4.69) is 69.1 Å². The zero-order valence-electron chi connectivity index (χ0n) is 16.9. The van der Waals surface area contributed by atoms with E-state index in [1.807, 2.05) is 6.07 Å². The minimum Gasteiger partial charge on any atom is -0.356 e. The maximum absolute atomic E-state index is 12.0. The first-order chi connectivity index (χ1) is 13.6. The Morgan fingerprint density at radius 3 is 2.64 bits per heavy atom. The van der Waals surface area contributed by atoms with Crippen LogP contribution in [0.1, 0.15) is 18.9 Å². The molecule has 1 heterocycles. The van der Waals surface area contributed by atoms with Crippen molar-refractivity contribution in [2.45, 2.75) is 25.9 Å². The van der Waals surface area contributed by atoms with Gasteiger partial charge in [0, 0.05) is 32.4 Å². The molecule has 0 aliphatic carbocycles. The van der Waals surface area contributed by atoms with Gasteiger partial charge in [-0.2, -0.15) is 0 Å². The lowest BCUT2D eigenvalue weighted by Crippen LogP contribution is -2.43. The van der Waals surface area contributed by atoms with Crippen molar-refractivity contribution in [3.05, 3.63) is 60.4 Å². The van der Waals surface area contributed by atoms with Gasteiger partial charge < -0.3 is 16.0 Å². The largest absolute Gasteiger partial charge is 0.356 e. The number of rotatable bonds is 9. The lowest BCUT2D eigenvalue weighted by atomic mass is 10.1. The molecule has 1 amide bonds. The lowest BCUT2D eigenvalue weighted by Gasteiger charge is -2.25. The first-order valence-electron chi connectivity index (χ1n) is 9.47. The van der Waals surface area contributed by atoms with E-state index in [1.54, 1.807) is 31.6 Å². The Balaban J connectivity index is 1.66. The third kappa shape index (κ3) is 7.75. The molecule has 0 saturated carbocycles. The van der Waals surface area contributed by atoms with Gasteiger partial charge in [0.2, 0.25) is 5.91 Å². The number of benzene rings is 1. The van der Waals surface area contributed by atoms with Crippen LogP contribution in [0.25, 0.3) is 0 Å². The topological polar surface area (TPSA) is 81.7 Å². The van der Waals surface area contributed by atoms with Gasteiger partial charge in [0.15, 0.2) is 5.96 Å². The second-order valence-electron chi connectivity index (χ2n) is 6.68. The van der Waals surface area contributed by atoms with Crippen molar-refractivity contribution in [3.63, 3.8) is 0 Å². The number of aromatic nitrogens is 1. The molecule has 0 fully saturated rings. The summed E-state index contributed by atoms with van der Waals surface area (Å²) in [5.74, 6) is 0.464. The highest BCUT2D eigenvalue weighted by molar-refractivity contribution is 5.94. The molecule has 0 aliphatic heterocycles. The molecule has 0 radical (unpaired) electrons. The van der Waals surface area contributed by atoms with Crippen molar-refractivity contribution in [3.8, 4) is 0 Å². The van der Waals surface area contributed by atoms with Crippen LogP contribution in [0.4, 0.5) is 5.69 Å². The van der Waals surface area contributed by atoms with Crippen LogP contribution in [-0.4, -0.2) is 55.0 Å². The molecule has 1 aromatic carbocycles. The van der Waals surface area contributed by atoms with E-state index in [0.717, 1.165) is 19.5 Å². The highest BCUT2D eigenvalue weighted by Crippen LogP contribution is 2.07. The third-order valence-electron chi connectivity index (χ3n) is 4.47. The van der Waals surface area contributed by atoms with Crippen molar-refractivity contribution in [2.75, 3.05) is 32.5 Å². The Bertz CT molecular complexity index is 735. The zero-order valence-corrected chi connectivity index (χ0v) is 16.9. The predicted molar refractivity (Wildman–Crippen MR) is 114 cm³/mol. The van der Waals surface area contributed by atoms with Crippen LogP contribution in [-0.2, 0) is 11.3 Å². The lowest BCUT2D eigenvalue weighted by molar-refractivity contribution is -0.115. The molecule has 2 rings (SSSR count). The second-order valence-corrected chi connectivity index (χ2v) is 6.68. The Kier molecular flexibility index (Phi) is 8.94. The van der Waals surface area contributed by atoms with E-state index in [-0.39, 0.29) is 12.5 Å². The quantitative estimate of drug-likeness (QED) is 0.457. The molecule has 7 heteroatoms. The average molecular weight is 383 g/mol. The first-order valence-corrected chi connectivity index (χ1v) is 9.47. The number of hydrogen-bond acceptors (Lipinski definition) is 4. The molecule has 1 atom stereocenters. The Morgan fingerprint density at radius 2 is 1.96 bits per heavy atom. The van der Waals surface area contributed by atoms with Crippen LogP contribution >= 0.6 is 0 Å². The summed E-state index contributed by atoms with van der Waals surface area (Å²) >= 11 is 0. The van der Waals surface area contributed by atoms with Crippen LogP contribution < -0.4 is 16.0 Å². The van der Waals surface area contributed by atoms with Crippen molar-refractivity contribution >= 4 is 17.6 Å². The van der Waals surface area contributed by atoms with E-state index in [1.165, 1.54) is 5.56 Å². The predicted octanol–water partition coefficient (Wildman–Crippen LogP) is 2.10. The highest BCUT2D eigenvalue weighted by atomic mass is 16.1. The number of carbonyl (C=O) groups excluding carboxylic acids is 1. The number of hydrogen-bond donors (Lipinski definition) is 3. The fourth-order valence-electron chi connectivity index (χ4n) is 2.67. The summed E-state index contributed by atoms with van der Waals surface area (Å²) < 4.78 is 0. The zero-order chi connectivity index (χ0) is 20.2. The molecule has 0 bridgehead atoms. The first kappa shape index (κ1) is 21.4. The van der Waals surface area contributed by atoms with Gasteiger partial charge in [-0.05, 0) is 38.1 Å². The van der Waals surface area contributed by atoms with Gasteiger partial charge in [-0.3, -0.25) is 19.7 Å². The highest BCUT2D eigenvalue weighted by Gasteiger charge is 2.10. The number of aliphatic imine (C=N–C) groups is 1. The molecule has 1 unspecified atom stereocenters. The SMILES string of the molecule is CN=C(NCCC(C)N(C)Cc1ccccc1)NCC(=O)Nc1cccnc1. The summed E-state index contributed by atoms with van der Waals surface area (Å²) in [7, 11) is 3.83. The Hall–Kier alpha value is -2.93. The van der Waals surface area contributed by atoms with E-state index >= 15 is 0 Å². The summed E-state index contributed by atoms with van der Waals surface area (Å²) in [6, 6.07) is 14.4. The summed E-state index contributed by atoms with van der Waals surface area (Å²) in [5, 5.41) is 9.06.